The van der Waals surface area contributed by atoms with Crippen molar-refractivity contribution in [2.75, 3.05) is 5.32 Å². The molecule has 0 atom stereocenters. The van der Waals surface area contributed by atoms with E-state index < -0.39 is 0 Å². The van der Waals surface area contributed by atoms with Gasteiger partial charge in [-0.15, -0.1) is 0 Å². The van der Waals surface area contributed by atoms with Gasteiger partial charge in [-0.05, 0) is 39.0 Å². The molecule has 0 aliphatic carbocycles. The maximum atomic E-state index is 12.2. The third-order valence-electron chi connectivity index (χ3n) is 2.62. The summed E-state index contributed by atoms with van der Waals surface area (Å²) in [6.07, 6.45) is 1.86. The Morgan fingerprint density at radius 2 is 2.16 bits per heavy atom. The van der Waals surface area contributed by atoms with Crippen molar-refractivity contribution in [1.82, 2.24) is 14.5 Å². The number of rotatable bonds is 3. The van der Waals surface area contributed by atoms with Crippen molar-refractivity contribution in [2.45, 2.75) is 26.8 Å². The average molecular weight is 279 g/mol. The van der Waals surface area contributed by atoms with E-state index in [2.05, 4.69) is 15.3 Å². The molecule has 0 spiro atoms. The van der Waals surface area contributed by atoms with Crippen molar-refractivity contribution in [3.05, 3.63) is 40.9 Å². The van der Waals surface area contributed by atoms with Crippen LogP contribution in [0, 0.1) is 6.92 Å². The van der Waals surface area contributed by atoms with Gasteiger partial charge in [0.25, 0.3) is 5.91 Å². The summed E-state index contributed by atoms with van der Waals surface area (Å²) in [6, 6.07) is 5.43. The van der Waals surface area contributed by atoms with Crippen molar-refractivity contribution in [1.29, 1.82) is 0 Å². The maximum Gasteiger partial charge on any atom is 0.274 e. The third kappa shape index (κ3) is 3.12. The first-order valence-corrected chi connectivity index (χ1v) is 6.34. The minimum absolute atomic E-state index is 0.206. The zero-order chi connectivity index (χ0) is 14.0. The van der Waals surface area contributed by atoms with E-state index in [9.17, 15) is 4.79 Å². The smallest absolute Gasteiger partial charge is 0.274 e. The molecule has 0 saturated heterocycles. The van der Waals surface area contributed by atoms with Gasteiger partial charge in [-0.2, -0.15) is 0 Å². The molecule has 0 fully saturated rings. The van der Waals surface area contributed by atoms with Crippen LogP contribution in [0.4, 0.5) is 5.95 Å². The normalized spacial score (nSPS) is 10.8. The standard InChI is InChI=1S/C13H15ClN4O/c1-8(2)18-6-4-5-10(18)12(19)17-13-15-9(3)7-11(14)16-13/h4-8H,1-3H3,(H,15,16,17,19). The quantitative estimate of drug-likeness (QED) is 0.878. The number of nitrogens with one attached hydrogen (secondary N) is 1. The zero-order valence-electron chi connectivity index (χ0n) is 11.0. The summed E-state index contributed by atoms with van der Waals surface area (Å²) in [5.41, 5.74) is 1.27. The molecular weight excluding hydrogens is 264 g/mol. The van der Waals surface area contributed by atoms with E-state index in [4.69, 9.17) is 11.6 Å². The van der Waals surface area contributed by atoms with Crippen LogP contribution >= 0.6 is 11.6 Å². The first kappa shape index (κ1) is 13.5. The molecule has 5 nitrogen and oxygen atoms in total. The van der Waals surface area contributed by atoms with Crippen LogP contribution in [-0.4, -0.2) is 20.4 Å². The molecule has 0 aliphatic rings. The van der Waals surface area contributed by atoms with E-state index in [0.717, 1.165) is 0 Å². The summed E-state index contributed by atoms with van der Waals surface area (Å²) in [6.45, 7) is 5.81. The highest BCUT2D eigenvalue weighted by molar-refractivity contribution is 6.29. The molecule has 19 heavy (non-hydrogen) atoms. The minimum atomic E-state index is -0.250. The molecule has 0 unspecified atom stereocenters. The second kappa shape index (κ2) is 5.40. The largest absolute Gasteiger partial charge is 0.341 e. The third-order valence-corrected chi connectivity index (χ3v) is 2.81. The van der Waals surface area contributed by atoms with Crippen molar-refractivity contribution in [2.24, 2.45) is 0 Å². The number of amides is 1. The molecule has 0 aromatic carbocycles. The summed E-state index contributed by atoms with van der Waals surface area (Å²) in [7, 11) is 0. The Balaban J connectivity index is 2.23. The number of nitrogens with zero attached hydrogens (tertiary/aromatic N) is 3. The van der Waals surface area contributed by atoms with E-state index in [-0.39, 0.29) is 17.9 Å². The van der Waals surface area contributed by atoms with Crippen LogP contribution in [0.3, 0.4) is 0 Å². The van der Waals surface area contributed by atoms with Gasteiger partial charge in [0, 0.05) is 17.9 Å². The lowest BCUT2D eigenvalue weighted by Gasteiger charge is -2.12. The van der Waals surface area contributed by atoms with Crippen molar-refractivity contribution < 1.29 is 4.79 Å². The Bertz CT molecular complexity index is 586. The van der Waals surface area contributed by atoms with Gasteiger partial charge in [-0.25, -0.2) is 9.97 Å². The molecule has 2 aromatic rings. The van der Waals surface area contributed by atoms with E-state index in [1.54, 1.807) is 19.1 Å². The highest BCUT2D eigenvalue weighted by Crippen LogP contribution is 2.14. The molecule has 2 rings (SSSR count). The average Bonchev–Trinajstić information content (AvgIpc) is 2.75. The first-order valence-electron chi connectivity index (χ1n) is 5.96. The number of halogens is 1. The van der Waals surface area contributed by atoms with E-state index in [1.807, 2.05) is 30.7 Å². The van der Waals surface area contributed by atoms with Gasteiger partial charge in [-0.1, -0.05) is 11.6 Å². The van der Waals surface area contributed by atoms with Gasteiger partial charge in [0.15, 0.2) is 0 Å². The molecule has 1 amide bonds. The Kier molecular flexibility index (Phi) is 3.85. The molecule has 0 bridgehead atoms. The van der Waals surface area contributed by atoms with E-state index in [0.29, 0.717) is 16.5 Å². The number of hydrogen-bond acceptors (Lipinski definition) is 3. The van der Waals surface area contributed by atoms with Crippen LogP contribution in [0.15, 0.2) is 24.4 Å². The SMILES string of the molecule is Cc1cc(Cl)nc(NC(=O)c2cccn2C(C)C)n1. The predicted molar refractivity (Wildman–Crippen MR) is 74.5 cm³/mol. The zero-order valence-corrected chi connectivity index (χ0v) is 11.8. The van der Waals surface area contributed by atoms with Crippen LogP contribution in [0.1, 0.15) is 36.1 Å². The Labute approximate surface area is 116 Å². The highest BCUT2D eigenvalue weighted by atomic mass is 35.5. The number of anilines is 1. The van der Waals surface area contributed by atoms with Crippen molar-refractivity contribution in [3.8, 4) is 0 Å². The first-order chi connectivity index (χ1) is 8.97. The lowest BCUT2D eigenvalue weighted by atomic mass is 10.3. The van der Waals surface area contributed by atoms with Gasteiger partial charge < -0.3 is 4.57 Å². The number of hydrogen-bond donors (Lipinski definition) is 1. The Morgan fingerprint density at radius 3 is 2.79 bits per heavy atom. The molecule has 2 aromatic heterocycles. The van der Waals surface area contributed by atoms with Crippen molar-refractivity contribution in [3.63, 3.8) is 0 Å². The molecule has 1 N–H and O–H groups in total. The summed E-state index contributed by atoms with van der Waals surface area (Å²) < 4.78 is 1.88. The molecular formula is C13H15ClN4O. The second-order valence-corrected chi connectivity index (χ2v) is 4.89. The Morgan fingerprint density at radius 1 is 1.42 bits per heavy atom. The fraction of sp³-hybridized carbons (Fsp3) is 0.308. The van der Waals surface area contributed by atoms with E-state index >= 15 is 0 Å². The Hall–Kier alpha value is -1.88. The minimum Gasteiger partial charge on any atom is -0.341 e. The van der Waals surface area contributed by atoms with Gasteiger partial charge >= 0.3 is 0 Å². The van der Waals surface area contributed by atoms with Crippen LogP contribution in [0.2, 0.25) is 5.15 Å². The molecule has 0 saturated carbocycles. The highest BCUT2D eigenvalue weighted by Gasteiger charge is 2.14. The number of aromatic nitrogens is 3. The van der Waals surface area contributed by atoms with Crippen molar-refractivity contribution >= 4 is 23.5 Å². The van der Waals surface area contributed by atoms with Gasteiger partial charge in [0.05, 0.1) is 0 Å². The number of carbonyl (C=O) groups is 1. The summed E-state index contributed by atoms with van der Waals surface area (Å²) in [5, 5.41) is 2.96. The fourth-order valence-electron chi connectivity index (χ4n) is 1.79. The summed E-state index contributed by atoms with van der Waals surface area (Å²) >= 11 is 5.83. The maximum absolute atomic E-state index is 12.2. The molecule has 0 radical (unpaired) electrons. The van der Waals surface area contributed by atoms with Gasteiger partial charge in [-0.3, -0.25) is 10.1 Å². The summed E-state index contributed by atoms with van der Waals surface area (Å²) in [5.74, 6) is -0.0353. The molecule has 0 aliphatic heterocycles. The van der Waals surface area contributed by atoms with Crippen LogP contribution < -0.4 is 5.32 Å². The van der Waals surface area contributed by atoms with Gasteiger partial charge in [0.2, 0.25) is 5.95 Å². The van der Waals surface area contributed by atoms with Crippen LogP contribution in [0.25, 0.3) is 0 Å². The van der Waals surface area contributed by atoms with Crippen LogP contribution in [0.5, 0.6) is 0 Å². The topological polar surface area (TPSA) is 59.8 Å². The number of carbonyl (C=O) groups excluding carboxylic acids is 1. The molecule has 2 heterocycles. The van der Waals surface area contributed by atoms with Crippen LogP contribution in [-0.2, 0) is 0 Å². The lowest BCUT2D eigenvalue weighted by molar-refractivity contribution is 0.101. The van der Waals surface area contributed by atoms with Gasteiger partial charge in [0.1, 0.15) is 10.8 Å². The fourth-order valence-corrected chi connectivity index (χ4v) is 2.03. The van der Waals surface area contributed by atoms with E-state index in [1.165, 1.54) is 0 Å². The monoisotopic (exact) mass is 278 g/mol. The molecule has 6 heteroatoms. The number of aryl methyl sites for hydroxylation is 1. The predicted octanol–water partition coefficient (Wildman–Crippen LogP) is 3.07. The summed E-state index contributed by atoms with van der Waals surface area (Å²) in [4.78, 5) is 20.3. The lowest BCUT2D eigenvalue weighted by Crippen LogP contribution is -2.19. The molecule has 100 valence electrons. The second-order valence-electron chi connectivity index (χ2n) is 4.50.